The van der Waals surface area contributed by atoms with E-state index >= 15 is 0 Å². The molecule has 1 unspecified atom stereocenters. The van der Waals surface area contributed by atoms with E-state index in [2.05, 4.69) is 29.6 Å². The summed E-state index contributed by atoms with van der Waals surface area (Å²) >= 11 is 7.36. The number of carbonyl (C=O) groups is 1. The van der Waals surface area contributed by atoms with Crippen LogP contribution >= 0.6 is 22.9 Å². The summed E-state index contributed by atoms with van der Waals surface area (Å²) in [5, 5.41) is 6.35. The van der Waals surface area contributed by atoms with E-state index in [0.29, 0.717) is 29.5 Å². The largest absolute Gasteiger partial charge is 0.302 e. The van der Waals surface area contributed by atoms with Crippen LogP contribution in [0.3, 0.4) is 0 Å². The highest BCUT2D eigenvalue weighted by atomic mass is 35.5. The van der Waals surface area contributed by atoms with E-state index in [1.54, 1.807) is 12.1 Å². The molecule has 6 nitrogen and oxygen atoms in total. The molecular formula is C25H20ClN3O3S2. The SMILES string of the molecule is O=C(Nc1nc2c(s1)-c1cccc3cccc-2c13)C1CCCN(S(=O)(=O)c2ccc(Cl)cc2)C1. The Balaban J connectivity index is 1.21. The summed E-state index contributed by atoms with van der Waals surface area (Å²) < 4.78 is 27.5. The third kappa shape index (κ3) is 3.53. The number of fused-ring (bicyclic) bond motifs is 3. The minimum Gasteiger partial charge on any atom is -0.302 e. The molecule has 0 bridgehead atoms. The zero-order valence-corrected chi connectivity index (χ0v) is 20.4. The number of rotatable bonds is 4. The fourth-order valence-corrected chi connectivity index (χ4v) is 7.47. The van der Waals surface area contributed by atoms with Crippen molar-refractivity contribution in [3.05, 3.63) is 65.7 Å². The number of amides is 1. The number of nitrogens with one attached hydrogen (secondary N) is 1. The monoisotopic (exact) mass is 509 g/mol. The normalized spacial score (nSPS) is 17.6. The van der Waals surface area contributed by atoms with Gasteiger partial charge in [-0.15, -0.1) is 0 Å². The van der Waals surface area contributed by atoms with Gasteiger partial charge in [-0.3, -0.25) is 4.79 Å². The first kappa shape index (κ1) is 21.7. The first-order chi connectivity index (χ1) is 16.4. The fourth-order valence-electron chi connectivity index (χ4n) is 4.80. The summed E-state index contributed by atoms with van der Waals surface area (Å²) in [5.41, 5.74) is 3.11. The van der Waals surface area contributed by atoms with Crippen LogP contribution in [0, 0.1) is 5.92 Å². The molecule has 0 saturated carbocycles. The summed E-state index contributed by atoms with van der Waals surface area (Å²) in [6, 6.07) is 18.5. The van der Waals surface area contributed by atoms with Crippen molar-refractivity contribution in [1.82, 2.24) is 9.29 Å². The van der Waals surface area contributed by atoms with E-state index in [-0.39, 0.29) is 17.3 Å². The maximum absolute atomic E-state index is 13.1. The van der Waals surface area contributed by atoms with Gasteiger partial charge in [0.25, 0.3) is 0 Å². The lowest BCUT2D eigenvalue weighted by molar-refractivity contribution is -0.120. The molecule has 2 aliphatic rings. The molecule has 172 valence electrons. The molecule has 1 aliphatic carbocycles. The van der Waals surface area contributed by atoms with Crippen LogP contribution in [0.5, 0.6) is 0 Å². The standard InChI is InChI=1S/C25H20ClN3O3S2/c26-17-9-11-18(12-10-17)34(31,32)29-13-3-6-16(14-29)24(30)28-25-27-22-19-7-1-4-15-5-2-8-20(21(15)19)23(22)33-25/h1-2,4-5,7-12,16H,3,6,13-14H2,(H,27,28,30). The number of hydrogen-bond acceptors (Lipinski definition) is 5. The highest BCUT2D eigenvalue weighted by molar-refractivity contribution is 7.89. The van der Waals surface area contributed by atoms with Crippen LogP contribution in [0.25, 0.3) is 32.5 Å². The Labute approximate surface area is 206 Å². The number of thiazole rings is 1. The van der Waals surface area contributed by atoms with Crippen LogP contribution in [0.1, 0.15) is 12.8 Å². The third-order valence-corrected chi connectivity index (χ3v) is 9.60. The van der Waals surface area contributed by atoms with Gasteiger partial charge in [-0.05, 0) is 47.9 Å². The molecule has 0 spiro atoms. The van der Waals surface area contributed by atoms with Gasteiger partial charge in [0.05, 0.1) is 21.4 Å². The van der Waals surface area contributed by atoms with Gasteiger partial charge >= 0.3 is 0 Å². The van der Waals surface area contributed by atoms with Crippen molar-refractivity contribution in [3.63, 3.8) is 0 Å². The number of hydrogen-bond donors (Lipinski definition) is 1. The van der Waals surface area contributed by atoms with E-state index in [1.165, 1.54) is 38.5 Å². The predicted octanol–water partition coefficient (Wildman–Crippen LogP) is 5.64. The topological polar surface area (TPSA) is 79.4 Å². The molecule has 9 heteroatoms. The molecule has 34 heavy (non-hydrogen) atoms. The molecule has 4 aromatic rings. The molecular weight excluding hydrogens is 490 g/mol. The number of piperidine rings is 1. The first-order valence-electron chi connectivity index (χ1n) is 11.0. The number of benzene rings is 3. The lowest BCUT2D eigenvalue weighted by Crippen LogP contribution is -2.43. The summed E-state index contributed by atoms with van der Waals surface area (Å²) in [6.45, 7) is 0.533. The molecule has 1 fully saturated rings. The van der Waals surface area contributed by atoms with Crippen molar-refractivity contribution in [2.24, 2.45) is 5.92 Å². The smallest absolute Gasteiger partial charge is 0.243 e. The molecule has 1 saturated heterocycles. The van der Waals surface area contributed by atoms with Crippen LogP contribution in [-0.4, -0.2) is 36.7 Å². The Morgan fingerprint density at radius 2 is 1.79 bits per heavy atom. The lowest BCUT2D eigenvalue weighted by atomic mass is 9.99. The minimum absolute atomic E-state index is 0.143. The van der Waals surface area contributed by atoms with Crippen molar-refractivity contribution >= 4 is 54.8 Å². The maximum Gasteiger partial charge on any atom is 0.243 e. The highest BCUT2D eigenvalue weighted by Crippen LogP contribution is 2.50. The number of carbonyl (C=O) groups excluding carboxylic acids is 1. The summed E-state index contributed by atoms with van der Waals surface area (Å²) in [7, 11) is -3.69. The van der Waals surface area contributed by atoms with Crippen molar-refractivity contribution in [3.8, 4) is 21.7 Å². The van der Waals surface area contributed by atoms with E-state index in [1.807, 2.05) is 12.1 Å². The second-order valence-electron chi connectivity index (χ2n) is 8.55. The zero-order chi connectivity index (χ0) is 23.4. The summed E-state index contributed by atoms with van der Waals surface area (Å²) in [6.07, 6.45) is 1.25. The molecule has 6 rings (SSSR count). The molecule has 1 atom stereocenters. The predicted molar refractivity (Wildman–Crippen MR) is 136 cm³/mol. The fraction of sp³-hybridized carbons (Fsp3) is 0.200. The Bertz CT molecular complexity index is 1490. The molecule has 2 heterocycles. The Hall–Kier alpha value is -2.78. The van der Waals surface area contributed by atoms with Crippen molar-refractivity contribution in [1.29, 1.82) is 0 Å². The average Bonchev–Trinajstić information content (AvgIpc) is 3.39. The number of halogens is 1. The second kappa shape index (κ2) is 8.16. The van der Waals surface area contributed by atoms with E-state index in [0.717, 1.165) is 21.7 Å². The Kier molecular flexibility index (Phi) is 5.22. The van der Waals surface area contributed by atoms with Crippen LogP contribution < -0.4 is 5.32 Å². The molecule has 1 N–H and O–H groups in total. The van der Waals surface area contributed by atoms with Crippen LogP contribution in [0.4, 0.5) is 5.13 Å². The number of sulfonamides is 1. The van der Waals surface area contributed by atoms with Gasteiger partial charge in [0.1, 0.15) is 0 Å². The average molecular weight is 510 g/mol. The van der Waals surface area contributed by atoms with E-state index in [9.17, 15) is 13.2 Å². The van der Waals surface area contributed by atoms with Gasteiger partial charge in [0.15, 0.2) is 5.13 Å². The first-order valence-corrected chi connectivity index (χ1v) is 13.7. The minimum atomic E-state index is -3.69. The third-order valence-electron chi connectivity index (χ3n) is 6.47. The van der Waals surface area contributed by atoms with Gasteiger partial charge < -0.3 is 5.32 Å². The molecule has 1 amide bonds. The molecule has 0 radical (unpaired) electrons. The quantitative estimate of drug-likeness (QED) is 0.340. The molecule has 1 aliphatic heterocycles. The van der Waals surface area contributed by atoms with Gasteiger partial charge in [-0.1, -0.05) is 59.3 Å². The highest BCUT2D eigenvalue weighted by Gasteiger charge is 2.34. The number of nitrogens with zero attached hydrogens (tertiary/aromatic N) is 2. The van der Waals surface area contributed by atoms with Gasteiger partial charge in [0, 0.05) is 29.2 Å². The second-order valence-corrected chi connectivity index (χ2v) is 11.9. The number of anilines is 1. The van der Waals surface area contributed by atoms with Crippen LogP contribution in [0.15, 0.2) is 65.6 Å². The zero-order valence-electron chi connectivity index (χ0n) is 18.0. The van der Waals surface area contributed by atoms with Crippen LogP contribution in [-0.2, 0) is 14.8 Å². The van der Waals surface area contributed by atoms with E-state index < -0.39 is 15.9 Å². The Morgan fingerprint density at radius 1 is 1.06 bits per heavy atom. The lowest BCUT2D eigenvalue weighted by Gasteiger charge is -2.31. The molecule has 1 aromatic heterocycles. The van der Waals surface area contributed by atoms with Crippen molar-refractivity contribution < 1.29 is 13.2 Å². The van der Waals surface area contributed by atoms with Gasteiger partial charge in [-0.25, -0.2) is 13.4 Å². The van der Waals surface area contributed by atoms with Gasteiger partial charge in [0.2, 0.25) is 15.9 Å². The van der Waals surface area contributed by atoms with E-state index in [4.69, 9.17) is 16.6 Å². The number of aromatic nitrogens is 1. The molecule has 3 aromatic carbocycles. The summed E-state index contributed by atoms with van der Waals surface area (Å²) in [5.74, 6) is -0.639. The maximum atomic E-state index is 13.1. The van der Waals surface area contributed by atoms with Crippen molar-refractivity contribution in [2.45, 2.75) is 17.7 Å². The Morgan fingerprint density at radius 3 is 2.56 bits per heavy atom. The summed E-state index contributed by atoms with van der Waals surface area (Å²) in [4.78, 5) is 19.1. The van der Waals surface area contributed by atoms with Crippen LogP contribution in [0.2, 0.25) is 5.02 Å². The van der Waals surface area contributed by atoms with Crippen molar-refractivity contribution in [2.75, 3.05) is 18.4 Å². The van der Waals surface area contributed by atoms with Gasteiger partial charge in [-0.2, -0.15) is 4.31 Å².